The van der Waals surface area contributed by atoms with Crippen molar-refractivity contribution in [1.29, 1.82) is 0 Å². The van der Waals surface area contributed by atoms with Crippen LogP contribution in [0.1, 0.15) is 22.3 Å². The summed E-state index contributed by atoms with van der Waals surface area (Å²) in [6.07, 6.45) is 0. The molecule has 1 spiro atoms. The highest BCUT2D eigenvalue weighted by molar-refractivity contribution is 6.12. The van der Waals surface area contributed by atoms with Gasteiger partial charge in [-0.1, -0.05) is 164 Å². The lowest BCUT2D eigenvalue weighted by Crippen LogP contribution is -2.25. The molecule has 10 aromatic rings. The fraction of sp³-hybridized carbons (Fsp3) is 0.0182. The van der Waals surface area contributed by atoms with E-state index in [1.807, 2.05) is 0 Å². The first-order valence-electron chi connectivity index (χ1n) is 19.5. The summed E-state index contributed by atoms with van der Waals surface area (Å²) in [7, 11) is 0. The Morgan fingerprint density at radius 3 is 1.36 bits per heavy atom. The maximum absolute atomic E-state index is 2.53. The van der Waals surface area contributed by atoms with Crippen molar-refractivity contribution in [2.24, 2.45) is 0 Å². The number of rotatable bonds is 4. The number of hydrogen-bond donors (Lipinski definition) is 0. The second-order valence-electron chi connectivity index (χ2n) is 15.2. The van der Waals surface area contributed by atoms with Gasteiger partial charge in [-0.25, -0.2) is 0 Å². The fourth-order valence-corrected chi connectivity index (χ4v) is 10.0. The van der Waals surface area contributed by atoms with Gasteiger partial charge in [0, 0.05) is 16.5 Å². The molecule has 0 atom stereocenters. The molecule has 12 rings (SSSR count). The standard InChI is InChI=1S/C55H35N/c1-3-16-36(17-4-1)39-30-40(37-18-5-2-6-19-37)32-41(31-39)38-20-15-21-42(33-38)56-53-29-14-10-25-46(53)48-34-52-47(35-54(48)56)45-24-9-13-28-51(45)55(52)49-26-11-7-22-43(49)44-23-8-12-27-50(44)55/h1-35H. The second kappa shape index (κ2) is 11.9. The van der Waals surface area contributed by atoms with Crippen molar-refractivity contribution in [1.82, 2.24) is 4.57 Å². The van der Waals surface area contributed by atoms with E-state index in [1.54, 1.807) is 0 Å². The first-order valence-corrected chi connectivity index (χ1v) is 19.5. The number of nitrogens with zero attached hydrogens (tertiary/aromatic N) is 1. The fourth-order valence-electron chi connectivity index (χ4n) is 10.0. The van der Waals surface area contributed by atoms with Gasteiger partial charge >= 0.3 is 0 Å². The molecule has 1 aromatic heterocycles. The number of fused-ring (bicyclic) bond motifs is 13. The van der Waals surface area contributed by atoms with Crippen molar-refractivity contribution in [3.8, 4) is 61.3 Å². The summed E-state index contributed by atoms with van der Waals surface area (Å²) >= 11 is 0. The van der Waals surface area contributed by atoms with E-state index in [-0.39, 0.29) is 5.41 Å². The molecule has 0 unspecified atom stereocenters. The highest BCUT2D eigenvalue weighted by Gasteiger charge is 2.51. The molecule has 0 bridgehead atoms. The molecule has 56 heavy (non-hydrogen) atoms. The third kappa shape index (κ3) is 4.31. The molecule has 1 nitrogen and oxygen atoms in total. The Hall–Kier alpha value is -7.22. The van der Waals surface area contributed by atoms with Gasteiger partial charge in [0.15, 0.2) is 0 Å². The lowest BCUT2D eigenvalue weighted by atomic mass is 9.70. The van der Waals surface area contributed by atoms with Gasteiger partial charge in [0.2, 0.25) is 0 Å². The quantitative estimate of drug-likeness (QED) is 0.171. The number of hydrogen-bond acceptors (Lipinski definition) is 0. The first kappa shape index (κ1) is 31.2. The summed E-state index contributed by atoms with van der Waals surface area (Å²) < 4.78 is 2.48. The molecule has 1 heterocycles. The van der Waals surface area contributed by atoms with Crippen LogP contribution in [0.4, 0.5) is 0 Å². The van der Waals surface area contributed by atoms with E-state index in [0.717, 1.165) is 5.69 Å². The third-order valence-corrected chi connectivity index (χ3v) is 12.4. The van der Waals surface area contributed by atoms with E-state index in [0.29, 0.717) is 0 Å². The van der Waals surface area contributed by atoms with E-state index in [2.05, 4.69) is 217 Å². The molecule has 1 heteroatoms. The molecular weight excluding hydrogens is 675 g/mol. The largest absolute Gasteiger partial charge is 0.309 e. The smallest absolute Gasteiger partial charge is 0.0725 e. The monoisotopic (exact) mass is 709 g/mol. The molecule has 0 radical (unpaired) electrons. The van der Waals surface area contributed by atoms with Crippen LogP contribution in [-0.4, -0.2) is 4.57 Å². The minimum absolute atomic E-state index is 0.378. The van der Waals surface area contributed by atoms with Gasteiger partial charge in [-0.3, -0.25) is 0 Å². The molecule has 0 N–H and O–H groups in total. The SMILES string of the molecule is c1ccc(-c2cc(-c3ccccc3)cc(-c3cccc(-n4c5ccccc5c5cc6c(cc54)-c4ccccc4C64c5ccccc5-c5ccccc54)c3)c2)cc1. The Kier molecular flexibility index (Phi) is 6.62. The first-order chi connectivity index (χ1) is 27.8. The lowest BCUT2D eigenvalue weighted by molar-refractivity contribution is 0.795. The van der Waals surface area contributed by atoms with Crippen molar-refractivity contribution in [3.05, 3.63) is 235 Å². The Labute approximate surface area is 326 Å². The Morgan fingerprint density at radius 1 is 0.268 bits per heavy atom. The van der Waals surface area contributed by atoms with Gasteiger partial charge in [0.25, 0.3) is 0 Å². The average molecular weight is 710 g/mol. The van der Waals surface area contributed by atoms with Crippen LogP contribution in [0.25, 0.3) is 83.1 Å². The Morgan fingerprint density at radius 2 is 0.750 bits per heavy atom. The topological polar surface area (TPSA) is 4.93 Å². The molecule has 0 aliphatic heterocycles. The number of aromatic nitrogens is 1. The molecule has 0 saturated heterocycles. The molecular formula is C55H35N. The van der Waals surface area contributed by atoms with Gasteiger partial charge in [0.05, 0.1) is 16.4 Å². The van der Waals surface area contributed by atoms with Gasteiger partial charge in [-0.2, -0.15) is 0 Å². The average Bonchev–Trinajstić information content (AvgIpc) is 3.87. The molecule has 2 aliphatic carbocycles. The minimum Gasteiger partial charge on any atom is -0.309 e. The Bertz CT molecular complexity index is 3080. The van der Waals surface area contributed by atoms with Crippen LogP contribution in [0.2, 0.25) is 0 Å². The predicted octanol–water partition coefficient (Wildman–Crippen LogP) is 14.1. The van der Waals surface area contributed by atoms with Crippen LogP contribution in [0.3, 0.4) is 0 Å². The highest BCUT2D eigenvalue weighted by Crippen LogP contribution is 2.63. The van der Waals surface area contributed by atoms with Gasteiger partial charge in [-0.15, -0.1) is 0 Å². The summed E-state index contributed by atoms with van der Waals surface area (Å²) in [6.45, 7) is 0. The van der Waals surface area contributed by atoms with Crippen molar-refractivity contribution in [2.75, 3.05) is 0 Å². The van der Waals surface area contributed by atoms with Crippen molar-refractivity contribution in [3.63, 3.8) is 0 Å². The van der Waals surface area contributed by atoms with Crippen LogP contribution in [0, 0.1) is 0 Å². The zero-order valence-corrected chi connectivity index (χ0v) is 30.7. The van der Waals surface area contributed by atoms with E-state index < -0.39 is 0 Å². The van der Waals surface area contributed by atoms with Crippen LogP contribution in [-0.2, 0) is 5.41 Å². The molecule has 9 aromatic carbocycles. The summed E-state index contributed by atoms with van der Waals surface area (Å²) in [6, 6.07) is 78.7. The Balaban J connectivity index is 1.10. The van der Waals surface area contributed by atoms with Gasteiger partial charge < -0.3 is 4.57 Å². The normalized spacial score (nSPS) is 13.1. The highest BCUT2D eigenvalue weighted by atomic mass is 15.0. The molecule has 0 fully saturated rings. The summed E-state index contributed by atoms with van der Waals surface area (Å²) in [5.74, 6) is 0. The zero-order chi connectivity index (χ0) is 36.8. The van der Waals surface area contributed by atoms with Crippen LogP contribution in [0.15, 0.2) is 212 Å². The van der Waals surface area contributed by atoms with E-state index in [1.165, 1.54) is 99.7 Å². The van der Waals surface area contributed by atoms with Crippen LogP contribution < -0.4 is 0 Å². The van der Waals surface area contributed by atoms with Gasteiger partial charge in [-0.05, 0) is 126 Å². The van der Waals surface area contributed by atoms with Crippen LogP contribution >= 0.6 is 0 Å². The second-order valence-corrected chi connectivity index (χ2v) is 15.2. The molecule has 2 aliphatic rings. The van der Waals surface area contributed by atoms with Crippen molar-refractivity contribution < 1.29 is 0 Å². The van der Waals surface area contributed by atoms with Crippen molar-refractivity contribution in [2.45, 2.75) is 5.41 Å². The van der Waals surface area contributed by atoms with Crippen LogP contribution in [0.5, 0.6) is 0 Å². The number of benzene rings is 9. The number of para-hydroxylation sites is 1. The predicted molar refractivity (Wildman–Crippen MR) is 233 cm³/mol. The third-order valence-electron chi connectivity index (χ3n) is 12.4. The maximum atomic E-state index is 2.53. The molecule has 260 valence electrons. The van der Waals surface area contributed by atoms with Crippen molar-refractivity contribution >= 4 is 21.8 Å². The summed E-state index contributed by atoms with van der Waals surface area (Å²) in [5, 5.41) is 2.54. The van der Waals surface area contributed by atoms with E-state index in [4.69, 9.17) is 0 Å². The van der Waals surface area contributed by atoms with Gasteiger partial charge in [0.1, 0.15) is 0 Å². The van der Waals surface area contributed by atoms with E-state index >= 15 is 0 Å². The summed E-state index contributed by atoms with van der Waals surface area (Å²) in [5.41, 5.74) is 21.2. The molecule has 0 amide bonds. The zero-order valence-electron chi connectivity index (χ0n) is 30.7. The minimum atomic E-state index is -0.378. The maximum Gasteiger partial charge on any atom is 0.0725 e. The molecule has 0 saturated carbocycles. The lowest BCUT2D eigenvalue weighted by Gasteiger charge is -2.30. The summed E-state index contributed by atoms with van der Waals surface area (Å²) in [4.78, 5) is 0. The van der Waals surface area contributed by atoms with E-state index in [9.17, 15) is 0 Å².